The zero-order valence-electron chi connectivity index (χ0n) is 16.2. The van der Waals surface area contributed by atoms with Gasteiger partial charge in [0.2, 0.25) is 11.8 Å². The zero-order valence-corrected chi connectivity index (χ0v) is 17.0. The first-order valence-electron chi connectivity index (χ1n) is 10.1. The number of carbonyl (C=O) groups is 2. The Hall–Kier alpha value is -2.74. The van der Waals surface area contributed by atoms with Crippen LogP contribution in [0.1, 0.15) is 43.1 Å². The van der Waals surface area contributed by atoms with Crippen molar-refractivity contribution in [2.75, 3.05) is 13.1 Å². The molecule has 152 valence electrons. The molecule has 4 rings (SSSR count). The SMILES string of the molecule is O=C(NCc1n[nH]c(=S)n1C1CC1)C1CCN(C(=O)/C=C/c2ccccc2)CC1. The number of aromatic nitrogens is 3. The number of rotatable bonds is 6. The van der Waals surface area contributed by atoms with E-state index >= 15 is 0 Å². The van der Waals surface area contributed by atoms with E-state index in [2.05, 4.69) is 15.5 Å². The molecule has 0 spiro atoms. The highest BCUT2D eigenvalue weighted by molar-refractivity contribution is 7.71. The van der Waals surface area contributed by atoms with E-state index < -0.39 is 0 Å². The molecule has 1 saturated heterocycles. The van der Waals surface area contributed by atoms with Gasteiger partial charge < -0.3 is 10.2 Å². The predicted molar refractivity (Wildman–Crippen MR) is 112 cm³/mol. The van der Waals surface area contributed by atoms with Gasteiger partial charge in [0.05, 0.1) is 6.54 Å². The van der Waals surface area contributed by atoms with Crippen LogP contribution < -0.4 is 5.32 Å². The maximum Gasteiger partial charge on any atom is 0.246 e. The first-order chi connectivity index (χ1) is 14.1. The fraction of sp³-hybridized carbons (Fsp3) is 0.429. The molecule has 2 aliphatic rings. The number of amides is 2. The minimum atomic E-state index is -0.0755. The van der Waals surface area contributed by atoms with E-state index in [9.17, 15) is 9.59 Å². The maximum absolute atomic E-state index is 12.6. The van der Waals surface area contributed by atoms with Gasteiger partial charge in [-0.25, -0.2) is 0 Å². The van der Waals surface area contributed by atoms with E-state index in [-0.39, 0.29) is 17.7 Å². The van der Waals surface area contributed by atoms with Gasteiger partial charge in [-0.3, -0.25) is 19.3 Å². The highest BCUT2D eigenvalue weighted by atomic mass is 32.1. The van der Waals surface area contributed by atoms with Gasteiger partial charge in [-0.05, 0) is 49.5 Å². The van der Waals surface area contributed by atoms with Crippen molar-refractivity contribution in [2.45, 2.75) is 38.3 Å². The summed E-state index contributed by atoms with van der Waals surface area (Å²) >= 11 is 5.27. The first-order valence-corrected chi connectivity index (χ1v) is 10.5. The summed E-state index contributed by atoms with van der Waals surface area (Å²) in [6.07, 6.45) is 7.00. The molecule has 2 N–H and O–H groups in total. The van der Waals surface area contributed by atoms with Crippen molar-refractivity contribution >= 4 is 30.1 Å². The lowest BCUT2D eigenvalue weighted by molar-refractivity contribution is -0.132. The summed E-state index contributed by atoms with van der Waals surface area (Å²) in [5, 5.41) is 10.1. The summed E-state index contributed by atoms with van der Waals surface area (Å²) in [5.74, 6) is 0.721. The van der Waals surface area contributed by atoms with Crippen molar-refractivity contribution in [3.8, 4) is 0 Å². The molecule has 2 amide bonds. The summed E-state index contributed by atoms with van der Waals surface area (Å²) in [6, 6.07) is 10.2. The zero-order chi connectivity index (χ0) is 20.2. The van der Waals surface area contributed by atoms with Gasteiger partial charge in [-0.15, -0.1) is 0 Å². The van der Waals surface area contributed by atoms with Crippen molar-refractivity contribution < 1.29 is 9.59 Å². The van der Waals surface area contributed by atoms with E-state index in [1.807, 2.05) is 45.9 Å². The minimum Gasteiger partial charge on any atom is -0.349 e. The predicted octanol–water partition coefficient (Wildman–Crippen LogP) is 2.84. The Morgan fingerprint density at radius 1 is 1.17 bits per heavy atom. The number of nitrogens with one attached hydrogen (secondary N) is 2. The fourth-order valence-corrected chi connectivity index (χ4v) is 3.98. The van der Waals surface area contributed by atoms with Crippen molar-refractivity contribution in [2.24, 2.45) is 5.92 Å². The summed E-state index contributed by atoms with van der Waals surface area (Å²) in [4.78, 5) is 26.7. The number of piperidine rings is 1. The molecule has 2 fully saturated rings. The standard InChI is InChI=1S/C21H25N5O2S/c27-19(9-6-15-4-2-1-3-5-15)25-12-10-16(11-13-25)20(28)22-14-18-23-24-21(29)26(18)17-7-8-17/h1-6,9,16-17H,7-8,10-14H2,(H,22,28)(H,24,29)/b9-6+. The number of carbonyl (C=O) groups excluding carboxylic acids is 2. The number of aromatic amines is 1. The summed E-state index contributed by atoms with van der Waals surface area (Å²) in [5.41, 5.74) is 0.999. The van der Waals surface area contributed by atoms with E-state index in [4.69, 9.17) is 12.2 Å². The van der Waals surface area contributed by atoms with Gasteiger partial charge >= 0.3 is 0 Å². The number of benzene rings is 1. The van der Waals surface area contributed by atoms with Gasteiger partial charge in [-0.1, -0.05) is 30.3 Å². The highest BCUT2D eigenvalue weighted by Crippen LogP contribution is 2.35. The fourth-order valence-electron chi connectivity index (χ4n) is 3.68. The van der Waals surface area contributed by atoms with Crippen LogP contribution in [0.25, 0.3) is 6.08 Å². The van der Waals surface area contributed by atoms with Gasteiger partial charge in [0.25, 0.3) is 0 Å². The molecule has 7 nitrogen and oxygen atoms in total. The average Bonchev–Trinajstić information content (AvgIpc) is 3.53. The number of H-pyrrole nitrogens is 1. The minimum absolute atomic E-state index is 0.00677. The summed E-state index contributed by atoms with van der Waals surface area (Å²) < 4.78 is 2.63. The van der Waals surface area contributed by atoms with Crippen LogP contribution in [0.2, 0.25) is 0 Å². The molecule has 1 aliphatic carbocycles. The lowest BCUT2D eigenvalue weighted by atomic mass is 9.96. The van der Waals surface area contributed by atoms with Crippen LogP contribution in [-0.4, -0.2) is 44.6 Å². The molecule has 2 aromatic rings. The monoisotopic (exact) mass is 411 g/mol. The molecule has 0 bridgehead atoms. The van der Waals surface area contributed by atoms with Crippen LogP contribution in [0.4, 0.5) is 0 Å². The molecule has 0 unspecified atom stereocenters. The van der Waals surface area contributed by atoms with Crippen LogP contribution in [0.15, 0.2) is 36.4 Å². The largest absolute Gasteiger partial charge is 0.349 e. The van der Waals surface area contributed by atoms with Crippen LogP contribution >= 0.6 is 12.2 Å². The molecule has 8 heteroatoms. The van der Waals surface area contributed by atoms with E-state index in [0.29, 0.717) is 43.3 Å². The molecule has 1 aliphatic heterocycles. The van der Waals surface area contributed by atoms with Gasteiger partial charge in [0, 0.05) is 31.1 Å². The molecule has 2 heterocycles. The Bertz CT molecular complexity index is 953. The van der Waals surface area contributed by atoms with Gasteiger partial charge in [0.15, 0.2) is 10.6 Å². The Kier molecular flexibility index (Phi) is 5.89. The second-order valence-corrected chi connectivity index (χ2v) is 7.99. The van der Waals surface area contributed by atoms with Crippen LogP contribution in [0, 0.1) is 10.7 Å². The third-order valence-electron chi connectivity index (χ3n) is 5.51. The van der Waals surface area contributed by atoms with Gasteiger partial charge in [-0.2, -0.15) is 5.10 Å². The normalized spacial score (nSPS) is 17.6. The third-order valence-corrected chi connectivity index (χ3v) is 5.79. The van der Waals surface area contributed by atoms with E-state index in [1.54, 1.807) is 6.08 Å². The Labute approximate surface area is 174 Å². The van der Waals surface area contributed by atoms with Gasteiger partial charge in [0.1, 0.15) is 0 Å². The van der Waals surface area contributed by atoms with E-state index in [1.165, 1.54) is 0 Å². The number of likely N-dealkylation sites (tertiary alicyclic amines) is 1. The van der Waals surface area contributed by atoms with Crippen LogP contribution in [0.3, 0.4) is 0 Å². The molecule has 0 atom stereocenters. The lowest BCUT2D eigenvalue weighted by Gasteiger charge is -2.30. The van der Waals surface area contributed by atoms with Crippen LogP contribution in [-0.2, 0) is 16.1 Å². The number of hydrogen-bond donors (Lipinski definition) is 2. The van der Waals surface area contributed by atoms with Crippen molar-refractivity contribution in [3.63, 3.8) is 0 Å². The second-order valence-electron chi connectivity index (χ2n) is 7.61. The molecule has 0 radical (unpaired) electrons. The summed E-state index contributed by atoms with van der Waals surface area (Å²) in [7, 11) is 0. The van der Waals surface area contributed by atoms with Crippen LogP contribution in [0.5, 0.6) is 0 Å². The molecule has 1 saturated carbocycles. The quantitative estimate of drug-likeness (QED) is 0.566. The Morgan fingerprint density at radius 3 is 2.59 bits per heavy atom. The molecule has 29 heavy (non-hydrogen) atoms. The Balaban J connectivity index is 1.25. The maximum atomic E-state index is 12.6. The molecule has 1 aromatic carbocycles. The van der Waals surface area contributed by atoms with E-state index in [0.717, 1.165) is 24.2 Å². The number of hydrogen-bond acceptors (Lipinski definition) is 4. The third kappa shape index (κ3) is 4.82. The summed E-state index contributed by atoms with van der Waals surface area (Å²) in [6.45, 7) is 1.56. The smallest absolute Gasteiger partial charge is 0.246 e. The van der Waals surface area contributed by atoms with Crippen molar-refractivity contribution in [1.82, 2.24) is 25.0 Å². The number of nitrogens with zero attached hydrogens (tertiary/aromatic N) is 3. The average molecular weight is 412 g/mol. The lowest BCUT2D eigenvalue weighted by Crippen LogP contribution is -2.42. The van der Waals surface area contributed by atoms with Crippen molar-refractivity contribution in [1.29, 1.82) is 0 Å². The first kappa shape index (κ1) is 19.6. The molecular formula is C21H25N5O2S. The molecular weight excluding hydrogens is 386 g/mol. The molecule has 1 aromatic heterocycles. The highest BCUT2D eigenvalue weighted by Gasteiger charge is 2.29. The topological polar surface area (TPSA) is 83.0 Å². The second kappa shape index (κ2) is 8.73. The Morgan fingerprint density at radius 2 is 1.90 bits per heavy atom. The van der Waals surface area contributed by atoms with Crippen molar-refractivity contribution in [3.05, 3.63) is 52.6 Å².